The van der Waals surface area contributed by atoms with Crippen molar-refractivity contribution in [2.24, 2.45) is 5.92 Å². The van der Waals surface area contributed by atoms with Gasteiger partial charge in [0.25, 0.3) is 0 Å². The van der Waals surface area contributed by atoms with Gasteiger partial charge in [0.05, 0.1) is 17.3 Å². The van der Waals surface area contributed by atoms with E-state index in [0.29, 0.717) is 6.42 Å². The van der Waals surface area contributed by atoms with Crippen LogP contribution in [-0.4, -0.2) is 53.4 Å². The summed E-state index contributed by atoms with van der Waals surface area (Å²) in [4.78, 5) is 23.2. The zero-order valence-corrected chi connectivity index (χ0v) is 12.9. The second kappa shape index (κ2) is 5.55. The van der Waals surface area contributed by atoms with Crippen molar-refractivity contribution < 1.29 is 23.1 Å². The molecule has 2 rings (SSSR count). The van der Waals surface area contributed by atoms with Crippen LogP contribution in [0.2, 0.25) is 0 Å². The van der Waals surface area contributed by atoms with Crippen molar-refractivity contribution in [1.29, 1.82) is 0 Å². The Balaban J connectivity index is 1.82. The van der Waals surface area contributed by atoms with Crippen LogP contribution in [-0.2, 0) is 19.4 Å². The summed E-state index contributed by atoms with van der Waals surface area (Å²) >= 11 is 1.29. The fourth-order valence-electron chi connectivity index (χ4n) is 2.40. The van der Waals surface area contributed by atoms with Crippen LogP contribution in [0, 0.1) is 5.92 Å². The lowest BCUT2D eigenvalue weighted by molar-refractivity contribution is -0.147. The Morgan fingerprint density at radius 2 is 2.00 bits per heavy atom. The van der Waals surface area contributed by atoms with Crippen molar-refractivity contribution in [1.82, 2.24) is 5.32 Å². The first-order valence-corrected chi connectivity index (χ1v) is 9.46. The Bertz CT molecular complexity index is 514. The largest absolute Gasteiger partial charge is 0.480 e. The topological polar surface area (TPSA) is 101 Å². The van der Waals surface area contributed by atoms with Gasteiger partial charge in [0.15, 0.2) is 9.84 Å². The molecule has 20 heavy (non-hydrogen) atoms. The number of carbonyl (C=O) groups excluding carboxylic acids is 1. The summed E-state index contributed by atoms with van der Waals surface area (Å²) in [6.45, 7) is 1.54. The summed E-state index contributed by atoms with van der Waals surface area (Å²) in [5.41, 5.74) is -1.20. The second-order valence-electron chi connectivity index (χ2n) is 5.67. The molecule has 0 aromatic heterocycles. The predicted molar refractivity (Wildman–Crippen MR) is 76.4 cm³/mol. The van der Waals surface area contributed by atoms with Crippen molar-refractivity contribution in [3.8, 4) is 0 Å². The van der Waals surface area contributed by atoms with Crippen LogP contribution in [0.4, 0.5) is 0 Å². The number of carboxylic acid groups (broad SMARTS) is 1. The molecule has 1 heterocycles. The number of sulfone groups is 1. The molecule has 1 aliphatic heterocycles. The van der Waals surface area contributed by atoms with Crippen molar-refractivity contribution in [2.75, 3.05) is 17.3 Å². The fourth-order valence-corrected chi connectivity index (χ4v) is 5.85. The minimum Gasteiger partial charge on any atom is -0.480 e. The summed E-state index contributed by atoms with van der Waals surface area (Å²) in [7, 11) is -2.94. The molecule has 1 aliphatic carbocycles. The molecule has 0 radical (unpaired) electrons. The Labute approximate surface area is 122 Å². The number of thioether (sulfide) groups is 1. The van der Waals surface area contributed by atoms with E-state index >= 15 is 0 Å². The molecule has 6 nitrogen and oxygen atoms in total. The summed E-state index contributed by atoms with van der Waals surface area (Å²) in [6, 6.07) is 0. The maximum atomic E-state index is 11.9. The van der Waals surface area contributed by atoms with Crippen molar-refractivity contribution in [2.45, 2.75) is 37.0 Å². The molecule has 1 saturated carbocycles. The third-order valence-corrected chi connectivity index (χ3v) is 7.16. The highest BCUT2D eigenvalue weighted by atomic mass is 32.2. The van der Waals surface area contributed by atoms with E-state index in [2.05, 4.69) is 5.32 Å². The summed E-state index contributed by atoms with van der Waals surface area (Å²) in [5, 5.41) is 11.8. The Kier molecular flexibility index (Phi) is 4.34. The van der Waals surface area contributed by atoms with E-state index in [4.69, 9.17) is 0 Å². The molecule has 2 aliphatic rings. The highest BCUT2D eigenvalue weighted by Crippen LogP contribution is 2.39. The molecule has 0 bridgehead atoms. The first-order chi connectivity index (χ1) is 9.23. The van der Waals surface area contributed by atoms with Crippen LogP contribution in [0.25, 0.3) is 0 Å². The molecule has 2 unspecified atom stereocenters. The molecule has 114 valence electrons. The quantitative estimate of drug-likeness (QED) is 0.728. The lowest BCUT2D eigenvalue weighted by Crippen LogP contribution is -2.54. The molecule has 1 saturated heterocycles. The van der Waals surface area contributed by atoms with Gasteiger partial charge in [0, 0.05) is 5.25 Å². The van der Waals surface area contributed by atoms with Crippen LogP contribution >= 0.6 is 11.8 Å². The summed E-state index contributed by atoms with van der Waals surface area (Å²) in [5.74, 6) is -0.945. The monoisotopic (exact) mass is 321 g/mol. The summed E-state index contributed by atoms with van der Waals surface area (Å²) < 4.78 is 22.6. The van der Waals surface area contributed by atoms with E-state index in [1.165, 1.54) is 18.7 Å². The fraction of sp³-hybridized carbons (Fsp3) is 0.833. The minimum absolute atomic E-state index is 0.000748. The number of carboxylic acids is 1. The second-order valence-corrected chi connectivity index (χ2v) is 9.18. The number of carbonyl (C=O) groups is 2. The van der Waals surface area contributed by atoms with Crippen molar-refractivity contribution in [3.05, 3.63) is 0 Å². The van der Waals surface area contributed by atoms with Crippen molar-refractivity contribution in [3.63, 3.8) is 0 Å². The average Bonchev–Trinajstić information content (AvgIpc) is 3.12. The van der Waals surface area contributed by atoms with Crippen LogP contribution < -0.4 is 5.32 Å². The smallest absolute Gasteiger partial charge is 0.329 e. The molecule has 2 N–H and O–H groups in total. The van der Waals surface area contributed by atoms with E-state index in [0.717, 1.165) is 12.8 Å². The molecular formula is C12H19NO5S2. The predicted octanol–water partition coefficient (Wildman–Crippen LogP) is 0.276. The van der Waals surface area contributed by atoms with Gasteiger partial charge in [-0.15, -0.1) is 11.8 Å². The molecule has 2 atom stereocenters. The molecule has 1 amide bonds. The van der Waals surface area contributed by atoms with Gasteiger partial charge in [-0.3, -0.25) is 4.79 Å². The lowest BCUT2D eigenvalue weighted by atomic mass is 9.96. The first-order valence-electron chi connectivity index (χ1n) is 6.59. The molecular weight excluding hydrogens is 302 g/mol. The Hall–Kier alpha value is -0.760. The molecule has 0 aromatic carbocycles. The van der Waals surface area contributed by atoms with E-state index in [-0.39, 0.29) is 34.3 Å². The number of hydrogen-bond donors (Lipinski definition) is 2. The van der Waals surface area contributed by atoms with Crippen LogP contribution in [0.5, 0.6) is 0 Å². The summed E-state index contributed by atoms with van der Waals surface area (Å²) in [6.07, 6.45) is 2.20. The maximum absolute atomic E-state index is 11.9. The van der Waals surface area contributed by atoms with Gasteiger partial charge >= 0.3 is 5.97 Å². The molecule has 0 spiro atoms. The number of amides is 1. The maximum Gasteiger partial charge on any atom is 0.329 e. The third-order valence-electron chi connectivity index (χ3n) is 3.88. The lowest BCUT2D eigenvalue weighted by Gasteiger charge is -2.26. The molecule has 0 aromatic rings. The van der Waals surface area contributed by atoms with Gasteiger partial charge < -0.3 is 10.4 Å². The van der Waals surface area contributed by atoms with E-state index < -0.39 is 21.3 Å². The highest BCUT2D eigenvalue weighted by Gasteiger charge is 2.48. The van der Waals surface area contributed by atoms with Gasteiger partial charge in [-0.2, -0.15) is 0 Å². The van der Waals surface area contributed by atoms with Gasteiger partial charge in [-0.05, 0) is 32.1 Å². The van der Waals surface area contributed by atoms with Crippen LogP contribution in [0.1, 0.15) is 26.2 Å². The van der Waals surface area contributed by atoms with Crippen LogP contribution in [0.15, 0.2) is 0 Å². The van der Waals surface area contributed by atoms with Gasteiger partial charge in [-0.1, -0.05) is 0 Å². The molecule has 8 heteroatoms. The van der Waals surface area contributed by atoms with Gasteiger partial charge in [0.2, 0.25) is 5.91 Å². The van der Waals surface area contributed by atoms with Crippen molar-refractivity contribution >= 4 is 33.5 Å². The number of nitrogens with one attached hydrogen (secondary N) is 1. The molecule has 2 fully saturated rings. The van der Waals surface area contributed by atoms with Gasteiger partial charge in [0.1, 0.15) is 5.54 Å². The SMILES string of the molecule is CC(NC(=O)CSC1CCS(=O)(=O)C1)(C(=O)O)C1CC1. The Morgan fingerprint density at radius 3 is 2.45 bits per heavy atom. The van der Waals surface area contributed by atoms with Gasteiger partial charge in [-0.25, -0.2) is 13.2 Å². The number of rotatable bonds is 6. The Morgan fingerprint density at radius 1 is 1.35 bits per heavy atom. The standard InChI is InChI=1S/C12H19NO5S2/c1-12(11(15)16,8-2-3-8)13-10(14)6-19-9-4-5-20(17,18)7-9/h8-9H,2-7H2,1H3,(H,13,14)(H,15,16). The number of aliphatic carboxylic acids is 1. The average molecular weight is 321 g/mol. The highest BCUT2D eigenvalue weighted by molar-refractivity contribution is 8.02. The number of hydrogen-bond acceptors (Lipinski definition) is 5. The van der Waals surface area contributed by atoms with E-state index in [9.17, 15) is 23.1 Å². The van der Waals surface area contributed by atoms with E-state index in [1.54, 1.807) is 0 Å². The minimum atomic E-state index is -2.94. The zero-order chi connectivity index (χ0) is 15.0. The van der Waals surface area contributed by atoms with Crippen LogP contribution in [0.3, 0.4) is 0 Å². The first kappa shape index (κ1) is 15.6. The zero-order valence-electron chi connectivity index (χ0n) is 11.3. The third kappa shape index (κ3) is 3.66. The normalized spacial score (nSPS) is 27.8. The van der Waals surface area contributed by atoms with E-state index in [1.807, 2.05) is 0 Å².